The van der Waals surface area contributed by atoms with Gasteiger partial charge < -0.3 is 15.0 Å². The first kappa shape index (κ1) is 16.3. The molecule has 1 heterocycles. The largest absolute Gasteiger partial charge is 0.490 e. The van der Waals surface area contributed by atoms with E-state index in [0.717, 1.165) is 30.0 Å². The maximum atomic E-state index is 12.2. The number of aromatic nitrogens is 1. The highest BCUT2D eigenvalue weighted by atomic mass is 16.5. The molecule has 1 fully saturated rings. The number of urea groups is 1. The molecule has 0 bridgehead atoms. The average Bonchev–Trinajstić information content (AvgIpc) is 3.10. The Kier molecular flexibility index (Phi) is 5.31. The fourth-order valence-corrected chi connectivity index (χ4v) is 2.84. The van der Waals surface area contributed by atoms with E-state index >= 15 is 0 Å². The monoisotopic (exact) mass is 325 g/mol. The second kappa shape index (κ2) is 7.81. The van der Waals surface area contributed by atoms with Crippen LogP contribution in [0.3, 0.4) is 0 Å². The van der Waals surface area contributed by atoms with Crippen molar-refractivity contribution in [3.05, 3.63) is 54.4 Å². The predicted molar refractivity (Wildman–Crippen MR) is 94.0 cm³/mol. The number of nitrogens with zero attached hydrogens (tertiary/aromatic N) is 2. The number of rotatable bonds is 5. The van der Waals surface area contributed by atoms with E-state index in [2.05, 4.69) is 10.3 Å². The summed E-state index contributed by atoms with van der Waals surface area (Å²) in [6.07, 6.45) is 6.84. The van der Waals surface area contributed by atoms with Crippen LogP contribution in [0.5, 0.6) is 5.75 Å². The number of carbonyl (C=O) groups excluding carboxylic acids is 1. The number of pyridine rings is 1. The highest BCUT2D eigenvalue weighted by Crippen LogP contribution is 2.25. The highest BCUT2D eigenvalue weighted by Gasteiger charge is 2.16. The van der Waals surface area contributed by atoms with Gasteiger partial charge in [0.1, 0.15) is 5.75 Å². The van der Waals surface area contributed by atoms with Crippen LogP contribution in [0, 0.1) is 0 Å². The van der Waals surface area contributed by atoms with E-state index < -0.39 is 0 Å². The molecular formula is C19H23N3O2. The van der Waals surface area contributed by atoms with Gasteiger partial charge in [-0.2, -0.15) is 0 Å². The Morgan fingerprint density at radius 1 is 1.21 bits per heavy atom. The van der Waals surface area contributed by atoms with Crippen molar-refractivity contribution < 1.29 is 9.53 Å². The van der Waals surface area contributed by atoms with E-state index in [1.807, 2.05) is 42.5 Å². The molecule has 2 aromatic rings. The smallest absolute Gasteiger partial charge is 0.321 e. The number of ether oxygens (including phenoxy) is 1. The first-order valence-corrected chi connectivity index (χ1v) is 8.39. The van der Waals surface area contributed by atoms with E-state index in [4.69, 9.17) is 4.74 Å². The molecule has 1 aromatic heterocycles. The van der Waals surface area contributed by atoms with Crippen molar-refractivity contribution in [2.75, 3.05) is 12.4 Å². The summed E-state index contributed by atoms with van der Waals surface area (Å²) in [5, 5.41) is 2.89. The lowest BCUT2D eigenvalue weighted by molar-refractivity contribution is 0.210. The van der Waals surface area contributed by atoms with Gasteiger partial charge in [-0.15, -0.1) is 0 Å². The molecule has 0 aliphatic heterocycles. The lowest BCUT2D eigenvalue weighted by Gasteiger charge is -2.18. The maximum Gasteiger partial charge on any atom is 0.321 e. The topological polar surface area (TPSA) is 54.5 Å². The van der Waals surface area contributed by atoms with Gasteiger partial charge in [-0.1, -0.05) is 6.07 Å². The number of hydrogen-bond donors (Lipinski definition) is 1. The van der Waals surface area contributed by atoms with E-state index in [0.29, 0.717) is 12.6 Å². The van der Waals surface area contributed by atoms with Crippen molar-refractivity contribution in [3.63, 3.8) is 0 Å². The maximum absolute atomic E-state index is 12.2. The minimum atomic E-state index is -0.162. The van der Waals surface area contributed by atoms with Crippen molar-refractivity contribution in [3.8, 4) is 5.75 Å². The van der Waals surface area contributed by atoms with Crippen LogP contribution >= 0.6 is 0 Å². The molecule has 1 aliphatic carbocycles. The molecule has 1 N–H and O–H groups in total. The van der Waals surface area contributed by atoms with Gasteiger partial charge in [0.2, 0.25) is 0 Å². The normalized spacial score (nSPS) is 14.4. The molecule has 1 aliphatic rings. The Labute approximate surface area is 142 Å². The zero-order valence-corrected chi connectivity index (χ0v) is 13.9. The Balaban J connectivity index is 1.52. The quantitative estimate of drug-likeness (QED) is 0.901. The fraction of sp³-hybridized carbons (Fsp3) is 0.368. The third kappa shape index (κ3) is 4.47. The van der Waals surface area contributed by atoms with Crippen LogP contribution in [0.2, 0.25) is 0 Å². The Bertz CT molecular complexity index is 652. The first-order chi connectivity index (χ1) is 11.7. The second-order valence-corrected chi connectivity index (χ2v) is 6.16. The molecule has 5 heteroatoms. The van der Waals surface area contributed by atoms with Gasteiger partial charge in [0.05, 0.1) is 18.3 Å². The van der Waals surface area contributed by atoms with Crippen LogP contribution in [-0.2, 0) is 6.54 Å². The molecular weight excluding hydrogens is 302 g/mol. The zero-order valence-electron chi connectivity index (χ0n) is 13.9. The van der Waals surface area contributed by atoms with Gasteiger partial charge in [-0.3, -0.25) is 4.98 Å². The molecule has 0 unspecified atom stereocenters. The van der Waals surface area contributed by atoms with Crippen LogP contribution in [-0.4, -0.2) is 29.1 Å². The Hall–Kier alpha value is -2.56. The number of nitrogens with one attached hydrogen (secondary N) is 1. The van der Waals surface area contributed by atoms with Gasteiger partial charge in [0, 0.05) is 18.9 Å². The summed E-state index contributed by atoms with van der Waals surface area (Å²) in [5.74, 6) is 0.863. The number of amides is 2. The second-order valence-electron chi connectivity index (χ2n) is 6.16. The third-order valence-corrected chi connectivity index (χ3v) is 4.18. The summed E-state index contributed by atoms with van der Waals surface area (Å²) in [6, 6.07) is 13.1. The van der Waals surface area contributed by atoms with Crippen LogP contribution in [0.15, 0.2) is 48.7 Å². The molecule has 3 rings (SSSR count). The van der Waals surface area contributed by atoms with Crippen molar-refractivity contribution in [2.24, 2.45) is 0 Å². The summed E-state index contributed by atoms with van der Waals surface area (Å²) in [7, 11) is 1.75. The summed E-state index contributed by atoms with van der Waals surface area (Å²) in [5.41, 5.74) is 1.61. The fourth-order valence-electron chi connectivity index (χ4n) is 2.84. The number of anilines is 1. The summed E-state index contributed by atoms with van der Waals surface area (Å²) in [4.78, 5) is 18.1. The van der Waals surface area contributed by atoms with Crippen molar-refractivity contribution in [2.45, 2.75) is 38.3 Å². The number of hydrogen-bond acceptors (Lipinski definition) is 3. The average molecular weight is 325 g/mol. The zero-order chi connectivity index (χ0) is 16.8. The van der Waals surface area contributed by atoms with Crippen LogP contribution in [0.25, 0.3) is 0 Å². The summed E-state index contributed by atoms with van der Waals surface area (Å²) in [6.45, 7) is 0.468. The minimum absolute atomic E-state index is 0.162. The molecule has 126 valence electrons. The molecule has 1 aromatic carbocycles. The number of carbonyl (C=O) groups is 1. The Morgan fingerprint density at radius 2 is 1.96 bits per heavy atom. The number of benzene rings is 1. The van der Waals surface area contributed by atoms with Crippen molar-refractivity contribution in [1.82, 2.24) is 9.88 Å². The standard InChI is InChI=1S/C19H23N3O2/c1-22(14-16-6-4-5-13-20-16)19(23)21-15-9-11-18(12-10-15)24-17-7-2-3-8-17/h4-6,9-13,17H,2-3,7-8,14H2,1H3,(H,21,23). The highest BCUT2D eigenvalue weighted by molar-refractivity contribution is 5.89. The molecule has 0 atom stereocenters. The molecule has 24 heavy (non-hydrogen) atoms. The molecule has 2 amide bonds. The molecule has 5 nitrogen and oxygen atoms in total. The summed E-state index contributed by atoms with van der Waals surface area (Å²) >= 11 is 0. The van der Waals surface area contributed by atoms with E-state index in [9.17, 15) is 4.79 Å². The van der Waals surface area contributed by atoms with Gasteiger partial charge in [-0.25, -0.2) is 4.79 Å². The van der Waals surface area contributed by atoms with Crippen LogP contribution < -0.4 is 10.1 Å². The van der Waals surface area contributed by atoms with Gasteiger partial charge in [0.15, 0.2) is 0 Å². The van der Waals surface area contributed by atoms with Crippen LogP contribution in [0.4, 0.5) is 10.5 Å². The van der Waals surface area contributed by atoms with E-state index in [1.165, 1.54) is 12.8 Å². The van der Waals surface area contributed by atoms with Gasteiger partial charge in [0.25, 0.3) is 0 Å². The lowest BCUT2D eigenvalue weighted by atomic mass is 10.2. The molecule has 0 saturated heterocycles. The van der Waals surface area contributed by atoms with E-state index in [1.54, 1.807) is 18.1 Å². The molecule has 0 spiro atoms. The van der Waals surface area contributed by atoms with Gasteiger partial charge in [-0.05, 0) is 62.1 Å². The van der Waals surface area contributed by atoms with E-state index in [-0.39, 0.29) is 6.03 Å². The first-order valence-electron chi connectivity index (χ1n) is 8.39. The SMILES string of the molecule is CN(Cc1ccccn1)C(=O)Nc1ccc(OC2CCCC2)cc1. The third-order valence-electron chi connectivity index (χ3n) is 4.18. The lowest BCUT2D eigenvalue weighted by Crippen LogP contribution is -2.31. The van der Waals surface area contributed by atoms with Crippen molar-refractivity contribution in [1.29, 1.82) is 0 Å². The molecule has 1 saturated carbocycles. The predicted octanol–water partition coefficient (Wildman–Crippen LogP) is 4.07. The summed E-state index contributed by atoms with van der Waals surface area (Å²) < 4.78 is 5.93. The Morgan fingerprint density at radius 3 is 2.62 bits per heavy atom. The molecule has 0 radical (unpaired) electrons. The van der Waals surface area contributed by atoms with Crippen molar-refractivity contribution >= 4 is 11.7 Å². The van der Waals surface area contributed by atoms with Crippen LogP contribution in [0.1, 0.15) is 31.4 Å². The van der Waals surface area contributed by atoms with Gasteiger partial charge >= 0.3 is 6.03 Å². The minimum Gasteiger partial charge on any atom is -0.490 e.